The lowest BCUT2D eigenvalue weighted by molar-refractivity contribution is -0.122. The highest BCUT2D eigenvalue weighted by Gasteiger charge is 2.32. The number of rotatable bonds is 6. The van der Waals surface area contributed by atoms with Gasteiger partial charge in [-0.1, -0.05) is 6.07 Å². The van der Waals surface area contributed by atoms with E-state index in [0.29, 0.717) is 18.8 Å². The zero-order chi connectivity index (χ0) is 14.4. The largest absolute Gasteiger partial charge is 0.493 e. The van der Waals surface area contributed by atoms with Crippen molar-refractivity contribution in [3.8, 4) is 5.75 Å². The van der Waals surface area contributed by atoms with Crippen molar-refractivity contribution < 1.29 is 23.8 Å². The summed E-state index contributed by atoms with van der Waals surface area (Å²) in [4.78, 5) is 11.6. The predicted molar refractivity (Wildman–Crippen MR) is 69.9 cm³/mol. The maximum absolute atomic E-state index is 12.9. The van der Waals surface area contributed by atoms with Crippen molar-refractivity contribution in [2.75, 3.05) is 26.4 Å². The van der Waals surface area contributed by atoms with E-state index in [1.165, 1.54) is 12.1 Å². The SMILES string of the molecule is O=C(CCOc1cccc(F)c1)NCC1(O)CCOC1. The normalized spacial score (nSPS) is 21.7. The second kappa shape index (κ2) is 6.67. The standard InChI is InChI=1S/C14H18FNO4/c15-11-2-1-3-12(8-11)20-6-4-13(17)16-9-14(18)5-7-19-10-14/h1-3,8,18H,4-7,9-10H2,(H,16,17). The molecule has 1 aromatic carbocycles. The molecule has 0 aliphatic carbocycles. The van der Waals surface area contributed by atoms with Gasteiger partial charge in [-0.25, -0.2) is 4.39 Å². The number of benzene rings is 1. The number of carbonyl (C=O) groups excluding carboxylic acids is 1. The van der Waals surface area contributed by atoms with Crippen LogP contribution in [0.5, 0.6) is 5.75 Å². The average molecular weight is 283 g/mol. The summed E-state index contributed by atoms with van der Waals surface area (Å²) in [5.41, 5.74) is -0.959. The second-order valence-electron chi connectivity index (χ2n) is 4.86. The minimum Gasteiger partial charge on any atom is -0.493 e. The molecule has 5 nitrogen and oxygen atoms in total. The highest BCUT2D eigenvalue weighted by atomic mass is 19.1. The van der Waals surface area contributed by atoms with Crippen LogP contribution in [-0.4, -0.2) is 43.0 Å². The number of carbonyl (C=O) groups is 1. The van der Waals surface area contributed by atoms with E-state index in [0.717, 1.165) is 0 Å². The minimum absolute atomic E-state index is 0.146. The number of hydrogen-bond donors (Lipinski definition) is 2. The molecule has 0 saturated carbocycles. The highest BCUT2D eigenvalue weighted by Crippen LogP contribution is 2.17. The first-order valence-corrected chi connectivity index (χ1v) is 6.53. The van der Waals surface area contributed by atoms with Gasteiger partial charge in [-0.2, -0.15) is 0 Å². The van der Waals surface area contributed by atoms with Crippen LogP contribution in [0.25, 0.3) is 0 Å². The maximum Gasteiger partial charge on any atom is 0.223 e. The third-order valence-corrected chi connectivity index (χ3v) is 3.09. The van der Waals surface area contributed by atoms with Gasteiger partial charge >= 0.3 is 0 Å². The molecule has 1 aliphatic rings. The fourth-order valence-electron chi connectivity index (χ4n) is 1.91. The lowest BCUT2D eigenvalue weighted by Crippen LogP contribution is -2.43. The topological polar surface area (TPSA) is 67.8 Å². The smallest absolute Gasteiger partial charge is 0.223 e. The molecule has 1 saturated heterocycles. The molecule has 1 atom stereocenters. The Morgan fingerprint density at radius 2 is 2.40 bits per heavy atom. The molecule has 1 heterocycles. The number of amides is 1. The first kappa shape index (κ1) is 14.7. The third kappa shape index (κ3) is 4.47. The van der Waals surface area contributed by atoms with Crippen LogP contribution in [0.1, 0.15) is 12.8 Å². The Morgan fingerprint density at radius 3 is 3.10 bits per heavy atom. The van der Waals surface area contributed by atoms with Crippen molar-refractivity contribution in [1.82, 2.24) is 5.32 Å². The number of aliphatic hydroxyl groups is 1. The molecule has 1 aromatic rings. The fraction of sp³-hybridized carbons (Fsp3) is 0.500. The summed E-state index contributed by atoms with van der Waals surface area (Å²) in [6.45, 7) is 1.08. The van der Waals surface area contributed by atoms with Crippen LogP contribution >= 0.6 is 0 Å². The van der Waals surface area contributed by atoms with Gasteiger partial charge in [0.2, 0.25) is 5.91 Å². The summed E-state index contributed by atoms with van der Waals surface area (Å²) in [6, 6.07) is 5.75. The van der Waals surface area contributed by atoms with Crippen LogP contribution < -0.4 is 10.1 Å². The Balaban J connectivity index is 1.65. The molecule has 2 N–H and O–H groups in total. The Morgan fingerprint density at radius 1 is 1.55 bits per heavy atom. The van der Waals surface area contributed by atoms with E-state index in [1.54, 1.807) is 12.1 Å². The summed E-state index contributed by atoms with van der Waals surface area (Å²) in [5.74, 6) is -0.210. The molecule has 20 heavy (non-hydrogen) atoms. The van der Waals surface area contributed by atoms with Gasteiger partial charge in [0.25, 0.3) is 0 Å². The van der Waals surface area contributed by atoms with Crippen LogP contribution in [0.3, 0.4) is 0 Å². The Labute approximate surface area is 116 Å². The molecule has 110 valence electrons. The van der Waals surface area contributed by atoms with Crippen molar-refractivity contribution >= 4 is 5.91 Å². The van der Waals surface area contributed by atoms with Crippen molar-refractivity contribution in [2.24, 2.45) is 0 Å². The third-order valence-electron chi connectivity index (χ3n) is 3.09. The number of halogens is 1. The molecular formula is C14H18FNO4. The predicted octanol–water partition coefficient (Wildman–Crippen LogP) is 0.862. The summed E-state index contributed by atoms with van der Waals surface area (Å²) >= 11 is 0. The lowest BCUT2D eigenvalue weighted by atomic mass is 10.0. The number of ether oxygens (including phenoxy) is 2. The molecule has 1 amide bonds. The van der Waals surface area contributed by atoms with Crippen LogP contribution in [0, 0.1) is 5.82 Å². The van der Waals surface area contributed by atoms with Crippen LogP contribution in [0.2, 0.25) is 0 Å². The van der Waals surface area contributed by atoms with Crippen molar-refractivity contribution in [2.45, 2.75) is 18.4 Å². The maximum atomic E-state index is 12.9. The Hall–Kier alpha value is -1.66. The molecule has 1 unspecified atom stereocenters. The molecule has 2 rings (SSSR count). The number of hydrogen-bond acceptors (Lipinski definition) is 4. The summed E-state index contributed by atoms with van der Waals surface area (Å²) < 4.78 is 23.2. The molecule has 1 aliphatic heterocycles. The van der Waals surface area contributed by atoms with Crippen LogP contribution in [0.15, 0.2) is 24.3 Å². The minimum atomic E-state index is -0.959. The monoisotopic (exact) mass is 283 g/mol. The van der Waals surface area contributed by atoms with Gasteiger partial charge in [0, 0.05) is 25.6 Å². The van der Waals surface area contributed by atoms with E-state index in [9.17, 15) is 14.3 Å². The van der Waals surface area contributed by atoms with E-state index in [2.05, 4.69) is 5.32 Å². The fourth-order valence-corrected chi connectivity index (χ4v) is 1.91. The Kier molecular flexibility index (Phi) is 4.92. The van der Waals surface area contributed by atoms with E-state index in [1.807, 2.05) is 0 Å². The van der Waals surface area contributed by atoms with Crippen molar-refractivity contribution in [3.05, 3.63) is 30.1 Å². The van der Waals surface area contributed by atoms with Gasteiger partial charge in [-0.15, -0.1) is 0 Å². The molecule has 0 bridgehead atoms. The van der Waals surface area contributed by atoms with E-state index < -0.39 is 5.60 Å². The molecule has 0 radical (unpaired) electrons. The van der Waals surface area contributed by atoms with Gasteiger partial charge in [0.1, 0.15) is 17.2 Å². The number of nitrogens with one attached hydrogen (secondary N) is 1. The van der Waals surface area contributed by atoms with Gasteiger partial charge < -0.3 is 19.9 Å². The summed E-state index contributed by atoms with van der Waals surface area (Å²) in [5, 5.41) is 12.6. The van der Waals surface area contributed by atoms with Gasteiger partial charge in [-0.3, -0.25) is 4.79 Å². The zero-order valence-corrected chi connectivity index (χ0v) is 11.1. The van der Waals surface area contributed by atoms with E-state index in [4.69, 9.17) is 9.47 Å². The summed E-state index contributed by atoms with van der Waals surface area (Å²) in [6.07, 6.45) is 0.667. The van der Waals surface area contributed by atoms with Gasteiger partial charge in [0.05, 0.1) is 19.6 Å². The zero-order valence-electron chi connectivity index (χ0n) is 11.1. The molecule has 0 spiro atoms. The van der Waals surface area contributed by atoms with E-state index >= 15 is 0 Å². The second-order valence-corrected chi connectivity index (χ2v) is 4.86. The molecule has 0 aromatic heterocycles. The molecule has 1 fully saturated rings. The van der Waals surface area contributed by atoms with Crippen molar-refractivity contribution in [3.63, 3.8) is 0 Å². The van der Waals surface area contributed by atoms with Gasteiger partial charge in [-0.05, 0) is 12.1 Å². The van der Waals surface area contributed by atoms with Crippen LogP contribution in [-0.2, 0) is 9.53 Å². The summed E-state index contributed by atoms with van der Waals surface area (Å²) in [7, 11) is 0. The average Bonchev–Trinajstić information content (AvgIpc) is 2.84. The lowest BCUT2D eigenvalue weighted by Gasteiger charge is -2.20. The van der Waals surface area contributed by atoms with E-state index in [-0.39, 0.29) is 37.9 Å². The molecular weight excluding hydrogens is 265 g/mol. The quantitative estimate of drug-likeness (QED) is 0.812. The first-order valence-electron chi connectivity index (χ1n) is 6.53. The molecule has 6 heteroatoms. The highest BCUT2D eigenvalue weighted by molar-refractivity contribution is 5.76. The van der Waals surface area contributed by atoms with Crippen molar-refractivity contribution in [1.29, 1.82) is 0 Å². The Bertz CT molecular complexity index is 460. The van der Waals surface area contributed by atoms with Crippen LogP contribution in [0.4, 0.5) is 4.39 Å². The van der Waals surface area contributed by atoms with Gasteiger partial charge in [0.15, 0.2) is 0 Å². The first-order chi connectivity index (χ1) is 9.57.